The van der Waals surface area contributed by atoms with E-state index in [9.17, 15) is 14.4 Å². The van der Waals surface area contributed by atoms with Crippen LogP contribution in [-0.4, -0.2) is 27.9 Å². The second-order valence-corrected chi connectivity index (χ2v) is 9.09. The number of imide groups is 1. The van der Waals surface area contributed by atoms with Gasteiger partial charge in [-0.3, -0.25) is 9.69 Å². The Morgan fingerprint density at radius 3 is 2.15 bits per heavy atom. The summed E-state index contributed by atoms with van der Waals surface area (Å²) in [5.74, 6) is -0.768. The predicted octanol–water partition coefficient (Wildman–Crippen LogP) is 4.85. The van der Waals surface area contributed by atoms with Crippen LogP contribution in [0.25, 0.3) is 11.0 Å². The average molecular weight is 413 g/mol. The number of nitrogens with one attached hydrogen (secondary N) is 1. The van der Waals surface area contributed by atoms with E-state index in [-0.39, 0.29) is 16.2 Å². The summed E-state index contributed by atoms with van der Waals surface area (Å²) < 4.78 is 5.22. The Kier molecular flexibility index (Phi) is 5.64. The van der Waals surface area contributed by atoms with Gasteiger partial charge in [0.05, 0.1) is 5.02 Å². The van der Waals surface area contributed by atoms with Gasteiger partial charge in [-0.15, -0.1) is 0 Å². The average Bonchev–Trinajstić information content (AvgIpc) is 2.43. The standard InChI is InChI=1S/C19H22Cl2N2O4/c1-18(2,3)22-17(26)23(19(4,5)6)15(24)12-8-10-7-11(20)9-13(21)14(10)27-16(12)25/h7-9H,1-6H3,(H,22,26). The summed E-state index contributed by atoms with van der Waals surface area (Å²) in [6, 6.07) is 3.70. The Bertz CT molecular complexity index is 969. The van der Waals surface area contributed by atoms with Crippen molar-refractivity contribution in [2.24, 2.45) is 0 Å². The maximum Gasteiger partial charge on any atom is 0.349 e. The lowest BCUT2D eigenvalue weighted by molar-refractivity contribution is 0.0658. The molecule has 0 atom stereocenters. The van der Waals surface area contributed by atoms with Crippen LogP contribution in [0.3, 0.4) is 0 Å². The molecule has 27 heavy (non-hydrogen) atoms. The first-order chi connectivity index (χ1) is 12.2. The van der Waals surface area contributed by atoms with Crippen molar-refractivity contribution in [2.75, 3.05) is 0 Å². The lowest BCUT2D eigenvalue weighted by Gasteiger charge is -2.35. The van der Waals surface area contributed by atoms with Crippen LogP contribution in [-0.2, 0) is 0 Å². The van der Waals surface area contributed by atoms with Crippen molar-refractivity contribution >= 4 is 46.1 Å². The van der Waals surface area contributed by atoms with Gasteiger partial charge in [-0.05, 0) is 59.7 Å². The highest BCUT2D eigenvalue weighted by molar-refractivity contribution is 6.38. The summed E-state index contributed by atoms with van der Waals surface area (Å²) in [5, 5.41) is 3.62. The van der Waals surface area contributed by atoms with Gasteiger partial charge in [0, 0.05) is 21.5 Å². The molecule has 0 saturated heterocycles. The molecular formula is C19H22Cl2N2O4. The van der Waals surface area contributed by atoms with Gasteiger partial charge < -0.3 is 9.73 Å². The van der Waals surface area contributed by atoms with E-state index in [2.05, 4.69) is 5.32 Å². The van der Waals surface area contributed by atoms with Gasteiger partial charge in [0.1, 0.15) is 5.56 Å². The summed E-state index contributed by atoms with van der Waals surface area (Å²) in [5.41, 5.74) is -2.46. The van der Waals surface area contributed by atoms with Crippen molar-refractivity contribution < 1.29 is 14.0 Å². The number of benzene rings is 1. The first kappa shape index (κ1) is 21.3. The fraction of sp³-hybridized carbons (Fsp3) is 0.421. The van der Waals surface area contributed by atoms with Gasteiger partial charge in [-0.1, -0.05) is 23.2 Å². The molecule has 1 heterocycles. The summed E-state index contributed by atoms with van der Waals surface area (Å²) in [6.45, 7) is 10.5. The maximum absolute atomic E-state index is 13.1. The summed E-state index contributed by atoms with van der Waals surface area (Å²) in [6.07, 6.45) is 0. The number of rotatable bonds is 1. The Morgan fingerprint density at radius 2 is 1.63 bits per heavy atom. The van der Waals surface area contributed by atoms with E-state index in [1.807, 2.05) is 0 Å². The van der Waals surface area contributed by atoms with Gasteiger partial charge >= 0.3 is 11.7 Å². The molecule has 0 spiro atoms. The third kappa shape index (κ3) is 4.82. The lowest BCUT2D eigenvalue weighted by atomic mass is 10.0. The molecule has 0 radical (unpaired) electrons. The van der Waals surface area contributed by atoms with Crippen molar-refractivity contribution in [1.82, 2.24) is 10.2 Å². The predicted molar refractivity (Wildman–Crippen MR) is 107 cm³/mol. The quantitative estimate of drug-likeness (QED) is 0.678. The number of halogens is 2. The molecule has 0 bridgehead atoms. The Balaban J connectivity index is 2.60. The molecule has 1 aromatic carbocycles. The van der Waals surface area contributed by atoms with Crippen LogP contribution in [0.5, 0.6) is 0 Å². The van der Waals surface area contributed by atoms with Crippen molar-refractivity contribution in [3.8, 4) is 0 Å². The summed E-state index contributed by atoms with van der Waals surface area (Å²) in [7, 11) is 0. The number of carbonyl (C=O) groups is 2. The number of hydrogen-bond acceptors (Lipinski definition) is 4. The number of carbonyl (C=O) groups excluding carboxylic acids is 2. The second-order valence-electron chi connectivity index (χ2n) is 8.25. The SMILES string of the molecule is CC(C)(C)NC(=O)N(C(=O)c1cc2cc(Cl)cc(Cl)c2oc1=O)C(C)(C)C. The van der Waals surface area contributed by atoms with E-state index in [1.165, 1.54) is 18.2 Å². The molecule has 0 saturated carbocycles. The normalized spacial score (nSPS) is 12.1. The molecule has 146 valence electrons. The number of fused-ring (bicyclic) bond motifs is 1. The lowest BCUT2D eigenvalue weighted by Crippen LogP contribution is -2.57. The highest BCUT2D eigenvalue weighted by Crippen LogP contribution is 2.28. The van der Waals surface area contributed by atoms with Gasteiger partial charge in [-0.25, -0.2) is 9.59 Å². The van der Waals surface area contributed by atoms with Crippen LogP contribution < -0.4 is 10.9 Å². The molecule has 0 aliphatic rings. The summed E-state index contributed by atoms with van der Waals surface area (Å²) in [4.78, 5) is 39.2. The monoisotopic (exact) mass is 412 g/mol. The third-order valence-electron chi connectivity index (χ3n) is 3.54. The fourth-order valence-corrected chi connectivity index (χ4v) is 3.05. The molecular weight excluding hydrogens is 391 g/mol. The minimum absolute atomic E-state index is 0.129. The van der Waals surface area contributed by atoms with E-state index in [4.69, 9.17) is 27.6 Å². The smallest absolute Gasteiger partial charge is 0.349 e. The molecule has 2 aromatic rings. The molecule has 2 rings (SSSR count). The van der Waals surface area contributed by atoms with Crippen molar-refractivity contribution in [2.45, 2.75) is 52.6 Å². The first-order valence-electron chi connectivity index (χ1n) is 8.30. The number of hydrogen-bond donors (Lipinski definition) is 1. The van der Waals surface area contributed by atoms with Crippen molar-refractivity contribution in [1.29, 1.82) is 0 Å². The summed E-state index contributed by atoms with van der Waals surface area (Å²) >= 11 is 12.0. The molecule has 0 aliphatic heterocycles. The van der Waals surface area contributed by atoms with Gasteiger partial charge in [0.25, 0.3) is 5.91 Å². The molecule has 6 nitrogen and oxygen atoms in total. The van der Waals surface area contributed by atoms with Gasteiger partial charge in [0.2, 0.25) is 0 Å². The molecule has 3 amide bonds. The molecule has 0 aliphatic carbocycles. The van der Waals surface area contributed by atoms with E-state index in [0.29, 0.717) is 10.4 Å². The van der Waals surface area contributed by atoms with Gasteiger partial charge in [-0.2, -0.15) is 0 Å². The molecule has 1 aromatic heterocycles. The largest absolute Gasteiger partial charge is 0.421 e. The highest BCUT2D eigenvalue weighted by atomic mass is 35.5. The minimum atomic E-state index is -0.880. The van der Waals surface area contributed by atoms with Crippen molar-refractivity contribution in [3.05, 3.63) is 44.2 Å². The van der Waals surface area contributed by atoms with Crippen LogP contribution >= 0.6 is 23.2 Å². The zero-order chi connectivity index (χ0) is 20.7. The van der Waals surface area contributed by atoms with Crippen LogP contribution in [0.15, 0.2) is 27.4 Å². The number of urea groups is 1. The fourth-order valence-electron chi connectivity index (χ4n) is 2.50. The van der Waals surface area contributed by atoms with Crippen molar-refractivity contribution in [3.63, 3.8) is 0 Å². The van der Waals surface area contributed by atoms with E-state index < -0.39 is 28.6 Å². The van der Waals surface area contributed by atoms with E-state index in [0.717, 1.165) is 4.90 Å². The first-order valence-corrected chi connectivity index (χ1v) is 9.06. The molecule has 0 fully saturated rings. The molecule has 0 unspecified atom stereocenters. The zero-order valence-corrected chi connectivity index (χ0v) is 17.6. The maximum atomic E-state index is 13.1. The highest BCUT2D eigenvalue weighted by Gasteiger charge is 2.36. The Labute approximate surface area is 167 Å². The van der Waals surface area contributed by atoms with E-state index >= 15 is 0 Å². The van der Waals surface area contributed by atoms with Crippen LogP contribution in [0.1, 0.15) is 51.9 Å². The van der Waals surface area contributed by atoms with Crippen LogP contribution in [0.4, 0.5) is 4.79 Å². The third-order valence-corrected chi connectivity index (χ3v) is 4.04. The topological polar surface area (TPSA) is 79.6 Å². The zero-order valence-electron chi connectivity index (χ0n) is 16.1. The Hall–Kier alpha value is -2.05. The van der Waals surface area contributed by atoms with Crippen LogP contribution in [0, 0.1) is 0 Å². The molecule has 8 heteroatoms. The molecule has 1 N–H and O–H groups in total. The van der Waals surface area contributed by atoms with Crippen LogP contribution in [0.2, 0.25) is 10.0 Å². The van der Waals surface area contributed by atoms with E-state index in [1.54, 1.807) is 41.5 Å². The Morgan fingerprint density at radius 1 is 1.04 bits per heavy atom. The number of nitrogens with zero attached hydrogens (tertiary/aromatic N) is 1. The number of amides is 3. The van der Waals surface area contributed by atoms with Gasteiger partial charge in [0.15, 0.2) is 5.58 Å². The second kappa shape index (κ2) is 7.17. The minimum Gasteiger partial charge on any atom is -0.421 e.